The third-order valence-electron chi connectivity index (χ3n) is 1.48. The maximum Gasteiger partial charge on any atom is 0.300 e. The van der Waals surface area contributed by atoms with Crippen molar-refractivity contribution in [3.63, 3.8) is 0 Å². The lowest BCUT2D eigenvalue weighted by Gasteiger charge is -2.26. The van der Waals surface area contributed by atoms with Crippen LogP contribution in [0.3, 0.4) is 0 Å². The first kappa shape index (κ1) is 14.3. The molecule has 0 aromatic rings. The number of methoxy groups -OCH3 is 1. The predicted octanol–water partition coefficient (Wildman–Crippen LogP) is -0.356. The van der Waals surface area contributed by atoms with Gasteiger partial charge in [0.15, 0.2) is 0 Å². The Labute approximate surface area is 90.0 Å². The molecule has 2 unspecified atom stereocenters. The van der Waals surface area contributed by atoms with E-state index in [0.717, 1.165) is 0 Å². The zero-order chi connectivity index (χ0) is 11.4. The van der Waals surface area contributed by atoms with Crippen LogP contribution in [0.5, 0.6) is 0 Å². The van der Waals surface area contributed by atoms with E-state index in [4.69, 9.17) is 10.7 Å². The average molecular weight is 265 g/mol. The normalized spacial score (nSPS) is 16.9. The Balaban J connectivity index is 4.65. The second-order valence-corrected chi connectivity index (χ2v) is 6.07. The summed E-state index contributed by atoms with van der Waals surface area (Å²) in [5, 5.41) is -1.20. The molecule has 0 amide bonds. The Bertz CT molecular complexity index is 292. The van der Waals surface area contributed by atoms with Crippen LogP contribution < -0.4 is 0 Å². The summed E-state index contributed by atoms with van der Waals surface area (Å²) in [5.41, 5.74) is 0. The van der Waals surface area contributed by atoms with E-state index < -0.39 is 25.7 Å². The molecular weight excluding hydrogens is 254 g/mol. The maximum atomic E-state index is 10.9. The summed E-state index contributed by atoms with van der Waals surface area (Å²) >= 11 is -2.53. The second-order valence-electron chi connectivity index (χ2n) is 2.41. The maximum absolute atomic E-state index is 10.9. The molecule has 9 heteroatoms. The fraction of sp³-hybridized carbons (Fsp3) is 1.00. The standard InChI is InChI=1S/C5H12ClNO5S2/c1-5(13(8)9)7(3-4-12-2)14(6,10)11/h5H,3-4H2,1-2H3,(H,8,9)/p-1. The molecule has 0 aromatic heterocycles. The second kappa shape index (κ2) is 5.99. The van der Waals surface area contributed by atoms with Crippen LogP contribution in [0.25, 0.3) is 0 Å². The molecule has 86 valence electrons. The molecule has 0 aliphatic carbocycles. The lowest BCUT2D eigenvalue weighted by atomic mass is 10.6. The minimum Gasteiger partial charge on any atom is -0.771 e. The minimum absolute atomic E-state index is 0.0769. The van der Waals surface area contributed by atoms with Gasteiger partial charge in [-0.15, -0.1) is 0 Å². The van der Waals surface area contributed by atoms with Crippen LogP contribution in [0.2, 0.25) is 0 Å². The molecule has 14 heavy (non-hydrogen) atoms. The van der Waals surface area contributed by atoms with Gasteiger partial charge in [0, 0.05) is 24.3 Å². The number of nitrogens with zero attached hydrogens (tertiary/aromatic N) is 1. The van der Waals surface area contributed by atoms with Crippen molar-refractivity contribution in [2.45, 2.75) is 12.3 Å². The van der Waals surface area contributed by atoms with Crippen molar-refractivity contribution in [3.8, 4) is 0 Å². The van der Waals surface area contributed by atoms with Crippen LogP contribution in [0.4, 0.5) is 0 Å². The highest BCUT2D eigenvalue weighted by atomic mass is 35.7. The summed E-state index contributed by atoms with van der Waals surface area (Å²) < 4.78 is 48.3. The zero-order valence-corrected chi connectivity index (χ0v) is 10.1. The van der Waals surface area contributed by atoms with Crippen molar-refractivity contribution >= 4 is 31.0 Å². The van der Waals surface area contributed by atoms with Gasteiger partial charge in [0.2, 0.25) is 0 Å². The summed E-state index contributed by atoms with van der Waals surface area (Å²) in [4.78, 5) is 0. The molecule has 0 N–H and O–H groups in total. The number of rotatable bonds is 6. The molecule has 0 fully saturated rings. The topological polar surface area (TPSA) is 86.7 Å². The molecule has 0 saturated carbocycles. The first-order valence-corrected chi connectivity index (χ1v) is 6.99. The van der Waals surface area contributed by atoms with Gasteiger partial charge in [0.05, 0.1) is 12.0 Å². The molecule has 0 saturated heterocycles. The molecule has 0 spiro atoms. The van der Waals surface area contributed by atoms with E-state index >= 15 is 0 Å². The van der Waals surface area contributed by atoms with Crippen LogP contribution in [0.1, 0.15) is 6.92 Å². The Morgan fingerprint density at radius 3 is 2.43 bits per heavy atom. The van der Waals surface area contributed by atoms with E-state index in [-0.39, 0.29) is 13.2 Å². The summed E-state index contributed by atoms with van der Waals surface area (Å²) in [5.74, 6) is 0. The smallest absolute Gasteiger partial charge is 0.300 e. The SMILES string of the molecule is COCCN(C(C)S(=O)[O-])S(=O)(=O)Cl. The molecule has 0 aromatic carbocycles. The van der Waals surface area contributed by atoms with Gasteiger partial charge in [-0.2, -0.15) is 12.7 Å². The first-order chi connectivity index (χ1) is 6.30. The van der Waals surface area contributed by atoms with Gasteiger partial charge in [-0.25, -0.2) is 0 Å². The molecular formula is C5H11ClNO5S2-. The number of hydrogen-bond donors (Lipinski definition) is 0. The lowest BCUT2D eigenvalue weighted by Crippen LogP contribution is -2.40. The Kier molecular flexibility index (Phi) is 6.10. The highest BCUT2D eigenvalue weighted by Crippen LogP contribution is 2.12. The summed E-state index contributed by atoms with van der Waals surface area (Å²) in [6.45, 7) is 1.20. The molecule has 0 bridgehead atoms. The molecule has 6 nitrogen and oxygen atoms in total. The predicted molar refractivity (Wildman–Crippen MR) is 51.7 cm³/mol. The van der Waals surface area contributed by atoms with Gasteiger partial charge < -0.3 is 9.29 Å². The van der Waals surface area contributed by atoms with Gasteiger partial charge >= 0.3 is 9.24 Å². The van der Waals surface area contributed by atoms with Crippen LogP contribution in [0.15, 0.2) is 0 Å². The van der Waals surface area contributed by atoms with E-state index in [1.807, 2.05) is 0 Å². The molecule has 0 radical (unpaired) electrons. The van der Waals surface area contributed by atoms with Gasteiger partial charge in [-0.1, -0.05) is 0 Å². The van der Waals surface area contributed by atoms with Crippen LogP contribution in [-0.2, 0) is 25.1 Å². The highest BCUT2D eigenvalue weighted by Gasteiger charge is 2.25. The number of ether oxygens (including phenoxy) is 1. The Hall–Kier alpha value is 0.270. The van der Waals surface area contributed by atoms with Crippen molar-refractivity contribution in [1.82, 2.24) is 4.31 Å². The summed E-state index contributed by atoms with van der Waals surface area (Å²) in [6, 6.07) is 0. The van der Waals surface area contributed by atoms with Crippen LogP contribution in [-0.4, -0.2) is 47.1 Å². The molecule has 0 aliphatic heterocycles. The van der Waals surface area contributed by atoms with E-state index in [1.165, 1.54) is 14.0 Å². The van der Waals surface area contributed by atoms with E-state index in [1.54, 1.807) is 0 Å². The van der Waals surface area contributed by atoms with Gasteiger partial charge in [0.25, 0.3) is 0 Å². The lowest BCUT2D eigenvalue weighted by molar-refractivity contribution is 0.177. The molecule has 2 atom stereocenters. The van der Waals surface area contributed by atoms with Crippen LogP contribution in [0, 0.1) is 0 Å². The first-order valence-electron chi connectivity index (χ1n) is 3.59. The monoisotopic (exact) mass is 264 g/mol. The average Bonchev–Trinajstić information content (AvgIpc) is 2.02. The largest absolute Gasteiger partial charge is 0.771 e. The van der Waals surface area contributed by atoms with Crippen molar-refractivity contribution in [2.24, 2.45) is 0 Å². The van der Waals surface area contributed by atoms with Crippen molar-refractivity contribution in [3.05, 3.63) is 0 Å². The Morgan fingerprint density at radius 2 is 2.14 bits per heavy atom. The third-order valence-corrected chi connectivity index (χ3v) is 4.02. The van der Waals surface area contributed by atoms with E-state index in [0.29, 0.717) is 4.31 Å². The van der Waals surface area contributed by atoms with E-state index in [2.05, 4.69) is 4.74 Å². The third kappa shape index (κ3) is 4.67. The van der Waals surface area contributed by atoms with Gasteiger partial charge in [-0.3, -0.25) is 4.21 Å². The molecule has 0 rings (SSSR count). The van der Waals surface area contributed by atoms with Crippen molar-refractivity contribution < 1.29 is 21.9 Å². The van der Waals surface area contributed by atoms with Crippen molar-refractivity contribution in [1.29, 1.82) is 0 Å². The fourth-order valence-electron chi connectivity index (χ4n) is 0.745. The zero-order valence-electron chi connectivity index (χ0n) is 7.67. The van der Waals surface area contributed by atoms with E-state index in [9.17, 15) is 17.2 Å². The van der Waals surface area contributed by atoms with Gasteiger partial charge in [0.1, 0.15) is 0 Å². The molecule has 0 heterocycles. The number of hydrogen-bond acceptors (Lipinski definition) is 5. The number of halogens is 1. The molecule has 0 aliphatic rings. The summed E-state index contributed by atoms with van der Waals surface area (Å²) in [7, 11) is 2.37. The summed E-state index contributed by atoms with van der Waals surface area (Å²) in [6.07, 6.45) is 0. The highest BCUT2D eigenvalue weighted by molar-refractivity contribution is 8.12. The minimum atomic E-state index is -4.05. The van der Waals surface area contributed by atoms with Crippen molar-refractivity contribution in [2.75, 3.05) is 20.3 Å². The van der Waals surface area contributed by atoms with Gasteiger partial charge in [-0.05, 0) is 18.0 Å². The quantitative estimate of drug-likeness (QED) is 0.483. The Morgan fingerprint density at radius 1 is 1.64 bits per heavy atom. The fourth-order valence-corrected chi connectivity index (χ4v) is 2.95. The van der Waals surface area contributed by atoms with Crippen LogP contribution >= 0.6 is 10.7 Å².